The van der Waals surface area contributed by atoms with E-state index in [-0.39, 0.29) is 11.3 Å². The molecule has 1 aliphatic rings. The molecule has 1 unspecified atom stereocenters. The van der Waals surface area contributed by atoms with Gasteiger partial charge in [0.15, 0.2) is 0 Å². The zero-order valence-corrected chi connectivity index (χ0v) is 12.3. The molecule has 1 aliphatic heterocycles. The summed E-state index contributed by atoms with van der Waals surface area (Å²) in [5.41, 5.74) is 1.01. The van der Waals surface area contributed by atoms with E-state index in [1.54, 1.807) is 6.20 Å². The Kier molecular flexibility index (Phi) is 4.16. The quantitative estimate of drug-likeness (QED) is 0.878. The van der Waals surface area contributed by atoms with Crippen LogP contribution in [0.4, 0.5) is 11.9 Å². The van der Waals surface area contributed by atoms with Gasteiger partial charge in [0.1, 0.15) is 0 Å². The second-order valence-corrected chi connectivity index (χ2v) is 5.06. The van der Waals surface area contributed by atoms with Gasteiger partial charge < -0.3 is 15.0 Å². The van der Waals surface area contributed by atoms with Gasteiger partial charge in [-0.1, -0.05) is 0 Å². The molecule has 9 heteroatoms. The van der Waals surface area contributed by atoms with E-state index in [1.807, 2.05) is 18.0 Å². The first-order valence-corrected chi connectivity index (χ1v) is 7.09. The van der Waals surface area contributed by atoms with Gasteiger partial charge in [0.2, 0.25) is 17.2 Å². The fourth-order valence-electron chi connectivity index (χ4n) is 2.08. The van der Waals surface area contributed by atoms with Crippen molar-refractivity contribution in [2.75, 3.05) is 36.5 Å². The smallest absolute Gasteiger partial charge is 0.231 e. The highest BCUT2D eigenvalue weighted by Gasteiger charge is 2.17. The fraction of sp³-hybridized carbons (Fsp3) is 0.500. The molecule has 2 aromatic heterocycles. The number of morpholine rings is 1. The third-order valence-electron chi connectivity index (χ3n) is 3.26. The molecule has 0 spiro atoms. The van der Waals surface area contributed by atoms with Gasteiger partial charge in [-0.3, -0.25) is 5.10 Å². The molecule has 0 amide bonds. The second-order valence-electron chi connectivity index (χ2n) is 4.73. The van der Waals surface area contributed by atoms with E-state index in [4.69, 9.17) is 16.3 Å². The van der Waals surface area contributed by atoms with Crippen molar-refractivity contribution in [3.8, 4) is 0 Å². The third-order valence-corrected chi connectivity index (χ3v) is 3.42. The zero-order chi connectivity index (χ0) is 14.7. The predicted octanol–water partition coefficient (Wildman–Crippen LogP) is 1.26. The first-order chi connectivity index (χ1) is 10.2. The number of anilines is 2. The van der Waals surface area contributed by atoms with Crippen molar-refractivity contribution in [1.82, 2.24) is 25.1 Å². The van der Waals surface area contributed by atoms with Gasteiger partial charge in [-0.25, -0.2) is 0 Å². The molecule has 1 saturated heterocycles. The van der Waals surface area contributed by atoms with Gasteiger partial charge in [-0.2, -0.15) is 20.1 Å². The van der Waals surface area contributed by atoms with E-state index in [2.05, 4.69) is 30.5 Å². The average molecular weight is 310 g/mol. The van der Waals surface area contributed by atoms with Crippen molar-refractivity contribution in [2.24, 2.45) is 0 Å². The van der Waals surface area contributed by atoms with Crippen molar-refractivity contribution >= 4 is 23.5 Å². The number of nitrogens with zero attached hydrogens (tertiary/aromatic N) is 5. The molecule has 2 aromatic rings. The van der Waals surface area contributed by atoms with Crippen LogP contribution in [0.1, 0.15) is 18.5 Å². The van der Waals surface area contributed by atoms with E-state index in [0.717, 1.165) is 18.7 Å². The van der Waals surface area contributed by atoms with Gasteiger partial charge in [-0.15, -0.1) is 0 Å². The highest BCUT2D eigenvalue weighted by Crippen LogP contribution is 2.19. The number of aromatic nitrogens is 5. The van der Waals surface area contributed by atoms with Crippen molar-refractivity contribution in [2.45, 2.75) is 13.0 Å². The van der Waals surface area contributed by atoms with Gasteiger partial charge in [0, 0.05) is 24.8 Å². The van der Waals surface area contributed by atoms with Crippen LogP contribution in [-0.4, -0.2) is 51.5 Å². The summed E-state index contributed by atoms with van der Waals surface area (Å²) < 4.78 is 5.32. The maximum absolute atomic E-state index is 6.00. The minimum absolute atomic E-state index is 0.0137. The monoisotopic (exact) mass is 309 g/mol. The van der Waals surface area contributed by atoms with Crippen LogP contribution >= 0.6 is 11.6 Å². The number of nitrogens with one attached hydrogen (secondary N) is 2. The molecule has 1 fully saturated rings. The normalized spacial score (nSPS) is 16.8. The summed E-state index contributed by atoms with van der Waals surface area (Å²) in [5.74, 6) is 1.02. The molecule has 0 aromatic carbocycles. The summed E-state index contributed by atoms with van der Waals surface area (Å²) in [6.07, 6.45) is 3.58. The first-order valence-electron chi connectivity index (χ1n) is 6.72. The summed E-state index contributed by atoms with van der Waals surface area (Å²) in [5, 5.41) is 10.1. The Morgan fingerprint density at radius 1 is 1.33 bits per heavy atom. The summed E-state index contributed by atoms with van der Waals surface area (Å²) in [6.45, 7) is 4.82. The molecular formula is C12H16ClN7O. The van der Waals surface area contributed by atoms with Crippen LogP contribution in [0.2, 0.25) is 5.28 Å². The van der Waals surface area contributed by atoms with Crippen LogP contribution < -0.4 is 10.2 Å². The minimum Gasteiger partial charge on any atom is -0.378 e. The Morgan fingerprint density at radius 2 is 2.14 bits per heavy atom. The predicted molar refractivity (Wildman–Crippen MR) is 78.5 cm³/mol. The van der Waals surface area contributed by atoms with Crippen LogP contribution in [0.5, 0.6) is 0 Å². The molecule has 1 atom stereocenters. The van der Waals surface area contributed by atoms with Crippen LogP contribution in [0.3, 0.4) is 0 Å². The molecule has 0 radical (unpaired) electrons. The van der Waals surface area contributed by atoms with Crippen molar-refractivity contribution in [1.29, 1.82) is 0 Å². The molecule has 0 saturated carbocycles. The lowest BCUT2D eigenvalue weighted by atomic mass is 10.2. The molecule has 2 N–H and O–H groups in total. The Balaban J connectivity index is 1.77. The summed E-state index contributed by atoms with van der Waals surface area (Å²) in [6, 6.07) is 0.0137. The number of halogens is 1. The van der Waals surface area contributed by atoms with E-state index in [1.165, 1.54) is 0 Å². The van der Waals surface area contributed by atoms with Crippen LogP contribution in [0, 0.1) is 0 Å². The minimum atomic E-state index is 0.0137. The molecule has 112 valence electrons. The lowest BCUT2D eigenvalue weighted by Gasteiger charge is -2.27. The number of hydrogen-bond donors (Lipinski definition) is 2. The lowest BCUT2D eigenvalue weighted by Crippen LogP contribution is -2.37. The lowest BCUT2D eigenvalue weighted by molar-refractivity contribution is 0.122. The Morgan fingerprint density at radius 3 is 2.86 bits per heavy atom. The number of ether oxygens (including phenoxy) is 1. The van der Waals surface area contributed by atoms with E-state index in [0.29, 0.717) is 25.1 Å². The summed E-state index contributed by atoms with van der Waals surface area (Å²) >= 11 is 6.00. The number of hydrogen-bond acceptors (Lipinski definition) is 7. The Hall–Kier alpha value is -1.93. The summed E-state index contributed by atoms with van der Waals surface area (Å²) in [7, 11) is 0. The van der Waals surface area contributed by atoms with Crippen LogP contribution in [-0.2, 0) is 4.74 Å². The SMILES string of the molecule is CC(Nc1nc(Cl)nc(N2CCOCC2)n1)c1cn[nH]c1. The fourth-order valence-corrected chi connectivity index (χ4v) is 2.24. The van der Waals surface area contributed by atoms with Crippen molar-refractivity contribution in [3.63, 3.8) is 0 Å². The maximum atomic E-state index is 6.00. The Labute approximate surface area is 126 Å². The average Bonchev–Trinajstić information content (AvgIpc) is 3.02. The number of aromatic amines is 1. The highest BCUT2D eigenvalue weighted by atomic mass is 35.5. The summed E-state index contributed by atoms with van der Waals surface area (Å²) in [4.78, 5) is 14.8. The topological polar surface area (TPSA) is 91.8 Å². The van der Waals surface area contributed by atoms with Gasteiger partial charge in [0.05, 0.1) is 25.5 Å². The molecule has 21 heavy (non-hydrogen) atoms. The number of H-pyrrole nitrogens is 1. The Bertz CT molecular complexity index is 585. The molecule has 3 heterocycles. The van der Waals surface area contributed by atoms with Crippen molar-refractivity contribution < 1.29 is 4.74 Å². The molecular weight excluding hydrogens is 294 g/mol. The van der Waals surface area contributed by atoms with Crippen LogP contribution in [0.15, 0.2) is 12.4 Å². The molecule has 0 bridgehead atoms. The molecule has 0 aliphatic carbocycles. The van der Waals surface area contributed by atoms with Crippen molar-refractivity contribution in [3.05, 3.63) is 23.2 Å². The molecule has 3 rings (SSSR count). The standard InChI is InChI=1S/C12H16ClN7O/c1-8(9-6-14-15-7-9)16-11-17-10(13)18-12(19-11)20-2-4-21-5-3-20/h6-8H,2-5H2,1H3,(H,14,15)(H,16,17,18,19). The second kappa shape index (κ2) is 6.23. The van der Waals surface area contributed by atoms with E-state index >= 15 is 0 Å². The third kappa shape index (κ3) is 3.40. The molecule has 8 nitrogen and oxygen atoms in total. The number of rotatable bonds is 4. The zero-order valence-electron chi connectivity index (χ0n) is 11.6. The first kappa shape index (κ1) is 14.0. The van der Waals surface area contributed by atoms with Crippen LogP contribution in [0.25, 0.3) is 0 Å². The maximum Gasteiger partial charge on any atom is 0.231 e. The van der Waals surface area contributed by atoms with E-state index in [9.17, 15) is 0 Å². The van der Waals surface area contributed by atoms with Gasteiger partial charge >= 0.3 is 0 Å². The van der Waals surface area contributed by atoms with Gasteiger partial charge in [-0.05, 0) is 18.5 Å². The largest absolute Gasteiger partial charge is 0.378 e. The van der Waals surface area contributed by atoms with E-state index < -0.39 is 0 Å². The highest BCUT2D eigenvalue weighted by molar-refractivity contribution is 6.28. The van der Waals surface area contributed by atoms with Gasteiger partial charge in [0.25, 0.3) is 0 Å².